The molecule has 1 saturated carbocycles. The van der Waals surface area contributed by atoms with Crippen molar-refractivity contribution in [2.75, 3.05) is 6.54 Å². The first-order valence-corrected chi connectivity index (χ1v) is 10.6. The third-order valence-corrected chi connectivity index (χ3v) is 5.94. The van der Waals surface area contributed by atoms with Gasteiger partial charge in [0.1, 0.15) is 17.7 Å². The van der Waals surface area contributed by atoms with Crippen molar-refractivity contribution in [3.05, 3.63) is 35.4 Å². The van der Waals surface area contributed by atoms with E-state index in [0.29, 0.717) is 5.56 Å². The Morgan fingerprint density at radius 1 is 1.12 bits per heavy atom. The van der Waals surface area contributed by atoms with Crippen LogP contribution in [0.15, 0.2) is 24.3 Å². The van der Waals surface area contributed by atoms with Crippen LogP contribution >= 0.6 is 0 Å². The molecule has 0 bridgehead atoms. The molecule has 176 valence electrons. The van der Waals surface area contributed by atoms with Crippen molar-refractivity contribution >= 4 is 17.8 Å². The van der Waals surface area contributed by atoms with Crippen LogP contribution < -0.4 is 0 Å². The second-order valence-corrected chi connectivity index (χ2v) is 9.87. The largest absolute Gasteiger partial charge is 0.460 e. The smallest absolute Gasteiger partial charge is 0.416 e. The fraction of sp³-hybridized carbons (Fsp3) is 0.609. The highest BCUT2D eigenvalue weighted by Crippen LogP contribution is 2.47. The van der Waals surface area contributed by atoms with Crippen molar-refractivity contribution in [1.82, 2.24) is 9.80 Å². The van der Waals surface area contributed by atoms with E-state index < -0.39 is 34.8 Å². The summed E-state index contributed by atoms with van der Waals surface area (Å²) in [7, 11) is 0. The van der Waals surface area contributed by atoms with Gasteiger partial charge in [-0.1, -0.05) is 12.1 Å². The lowest BCUT2D eigenvalue weighted by Gasteiger charge is -2.57. The van der Waals surface area contributed by atoms with Gasteiger partial charge in [0.05, 0.1) is 11.5 Å². The van der Waals surface area contributed by atoms with E-state index in [1.807, 2.05) is 13.8 Å². The van der Waals surface area contributed by atoms with Crippen molar-refractivity contribution in [2.45, 2.75) is 77.4 Å². The fourth-order valence-corrected chi connectivity index (χ4v) is 4.26. The number of hydrogen-bond donors (Lipinski definition) is 0. The third-order valence-electron chi connectivity index (χ3n) is 5.94. The minimum Gasteiger partial charge on any atom is -0.460 e. The molecule has 0 unspecified atom stereocenters. The Morgan fingerprint density at radius 3 is 2.16 bits per heavy atom. The summed E-state index contributed by atoms with van der Waals surface area (Å²) >= 11 is 0. The molecule has 1 aromatic carbocycles. The topological polar surface area (TPSA) is 66.9 Å². The van der Waals surface area contributed by atoms with Crippen LogP contribution in [0.4, 0.5) is 13.2 Å². The van der Waals surface area contributed by atoms with Crippen molar-refractivity contribution in [1.29, 1.82) is 0 Å². The highest BCUT2D eigenvalue weighted by Gasteiger charge is 2.62. The van der Waals surface area contributed by atoms with Gasteiger partial charge in [0.15, 0.2) is 0 Å². The number of carbonyl (C=O) groups is 3. The average Bonchev–Trinajstić information content (AvgIpc) is 2.61. The molecule has 2 amide bonds. The highest BCUT2D eigenvalue weighted by molar-refractivity contribution is 6.00. The summed E-state index contributed by atoms with van der Waals surface area (Å²) in [6.07, 6.45) is -4.18. The van der Waals surface area contributed by atoms with Gasteiger partial charge in [-0.3, -0.25) is 14.4 Å². The summed E-state index contributed by atoms with van der Waals surface area (Å²) < 4.78 is 44.1. The molecule has 9 heteroatoms. The van der Waals surface area contributed by atoms with E-state index in [1.54, 1.807) is 20.8 Å². The number of esters is 1. The molecule has 3 rings (SSSR count). The number of hydrogen-bond acceptors (Lipinski definition) is 4. The lowest BCUT2D eigenvalue weighted by atomic mass is 9.65. The lowest BCUT2D eigenvalue weighted by Crippen LogP contribution is -2.73. The van der Waals surface area contributed by atoms with Crippen molar-refractivity contribution in [2.24, 2.45) is 5.92 Å². The second-order valence-electron chi connectivity index (χ2n) is 9.87. The van der Waals surface area contributed by atoms with Gasteiger partial charge in [0.25, 0.3) is 0 Å². The van der Waals surface area contributed by atoms with E-state index in [1.165, 1.54) is 21.9 Å². The average molecular weight is 454 g/mol. The first kappa shape index (κ1) is 24.1. The Morgan fingerprint density at radius 2 is 1.69 bits per heavy atom. The quantitative estimate of drug-likeness (QED) is 0.650. The first-order chi connectivity index (χ1) is 14.6. The number of carbonyl (C=O) groups excluding carboxylic acids is 3. The number of alkyl halides is 3. The van der Waals surface area contributed by atoms with E-state index in [9.17, 15) is 27.6 Å². The lowest BCUT2D eigenvalue weighted by molar-refractivity contribution is -0.188. The van der Waals surface area contributed by atoms with Crippen LogP contribution in [0.2, 0.25) is 0 Å². The van der Waals surface area contributed by atoms with Crippen molar-refractivity contribution in [3.8, 4) is 0 Å². The molecule has 2 fully saturated rings. The number of benzene rings is 1. The van der Waals surface area contributed by atoms with Crippen LogP contribution in [-0.4, -0.2) is 51.3 Å². The number of piperazine rings is 1. The van der Waals surface area contributed by atoms with Crippen LogP contribution in [0.1, 0.15) is 58.6 Å². The molecule has 0 aromatic heterocycles. The Kier molecular flexibility index (Phi) is 6.08. The third kappa shape index (κ3) is 4.61. The van der Waals surface area contributed by atoms with Gasteiger partial charge < -0.3 is 14.5 Å². The predicted octanol–water partition coefficient (Wildman–Crippen LogP) is 3.78. The van der Waals surface area contributed by atoms with E-state index in [4.69, 9.17) is 4.74 Å². The maximum Gasteiger partial charge on any atom is 0.416 e. The van der Waals surface area contributed by atoms with E-state index >= 15 is 0 Å². The van der Waals surface area contributed by atoms with E-state index in [-0.39, 0.29) is 43.8 Å². The number of halogens is 3. The van der Waals surface area contributed by atoms with Crippen LogP contribution in [-0.2, 0) is 31.8 Å². The molecular weight excluding hydrogens is 425 g/mol. The number of ether oxygens (including phenoxy) is 1. The van der Waals surface area contributed by atoms with Crippen LogP contribution in [0.3, 0.4) is 0 Å². The number of rotatable bonds is 4. The molecule has 1 heterocycles. The van der Waals surface area contributed by atoms with E-state index in [2.05, 4.69) is 0 Å². The zero-order chi connectivity index (χ0) is 24.1. The molecule has 1 aliphatic carbocycles. The summed E-state index contributed by atoms with van der Waals surface area (Å²) in [5, 5.41) is 0. The van der Waals surface area contributed by atoms with Gasteiger partial charge in [-0.15, -0.1) is 0 Å². The zero-order valence-electron chi connectivity index (χ0n) is 19.0. The van der Waals surface area contributed by atoms with Crippen molar-refractivity contribution in [3.63, 3.8) is 0 Å². The maximum absolute atomic E-state index is 13.4. The first-order valence-electron chi connectivity index (χ1n) is 10.6. The SMILES string of the molecule is CC(C)N1CC(=O)N(Cc2ccc(C(F)(F)F)cc2)C2(CC(C(=O)OC(C)(C)C)C2)C1=O. The normalized spacial score (nSPS) is 24.2. The van der Waals surface area contributed by atoms with Gasteiger partial charge >= 0.3 is 12.1 Å². The Hall–Kier alpha value is -2.58. The molecule has 0 N–H and O–H groups in total. The minimum absolute atomic E-state index is 0.00428. The van der Waals surface area contributed by atoms with Gasteiger partial charge in [-0.05, 0) is 65.2 Å². The second kappa shape index (κ2) is 8.08. The Balaban J connectivity index is 1.86. The molecule has 0 radical (unpaired) electrons. The molecule has 32 heavy (non-hydrogen) atoms. The summed E-state index contributed by atoms with van der Waals surface area (Å²) in [5.74, 6) is -1.47. The highest BCUT2D eigenvalue weighted by atomic mass is 19.4. The van der Waals surface area contributed by atoms with Crippen molar-refractivity contribution < 1.29 is 32.3 Å². The van der Waals surface area contributed by atoms with Crippen LogP contribution in [0.25, 0.3) is 0 Å². The molecule has 2 aliphatic rings. The van der Waals surface area contributed by atoms with Gasteiger partial charge in [-0.25, -0.2) is 0 Å². The molecule has 1 spiro atoms. The fourth-order valence-electron chi connectivity index (χ4n) is 4.26. The van der Waals surface area contributed by atoms with Gasteiger partial charge in [-0.2, -0.15) is 13.2 Å². The summed E-state index contributed by atoms with van der Waals surface area (Å²) in [4.78, 5) is 41.9. The standard InChI is InChI=1S/C23H29F3N2O4/c1-14(2)27-13-18(29)28(12-15-6-8-17(9-7-15)23(24,25)26)22(20(27)31)10-16(11-22)19(30)32-21(3,4)5/h6-9,14,16H,10-13H2,1-5H3. The molecular formula is C23H29F3N2O4. The molecule has 1 aromatic rings. The Bertz CT molecular complexity index is 897. The summed E-state index contributed by atoms with van der Waals surface area (Å²) in [6, 6.07) is 4.35. The summed E-state index contributed by atoms with van der Waals surface area (Å²) in [5.41, 5.74) is -2.16. The molecule has 0 atom stereocenters. The number of amides is 2. The monoisotopic (exact) mass is 454 g/mol. The Labute approximate surface area is 185 Å². The van der Waals surface area contributed by atoms with E-state index in [0.717, 1.165) is 12.1 Å². The van der Waals surface area contributed by atoms with Crippen LogP contribution in [0, 0.1) is 5.92 Å². The summed E-state index contributed by atoms with van der Waals surface area (Å²) in [6.45, 7) is 8.79. The maximum atomic E-state index is 13.4. The zero-order valence-corrected chi connectivity index (χ0v) is 19.0. The van der Waals surface area contributed by atoms with Crippen LogP contribution in [0.5, 0.6) is 0 Å². The minimum atomic E-state index is -4.46. The van der Waals surface area contributed by atoms with Gasteiger partial charge in [0, 0.05) is 12.6 Å². The van der Waals surface area contributed by atoms with Gasteiger partial charge in [0.2, 0.25) is 11.8 Å². The number of nitrogens with zero attached hydrogens (tertiary/aromatic N) is 2. The predicted molar refractivity (Wildman–Crippen MR) is 110 cm³/mol. The molecule has 6 nitrogen and oxygen atoms in total. The molecule has 1 saturated heterocycles. The molecule has 1 aliphatic heterocycles.